The lowest BCUT2D eigenvalue weighted by Gasteiger charge is -1.99. The molecule has 130 valence electrons. The van der Waals surface area contributed by atoms with Gasteiger partial charge in [-0.1, -0.05) is 29.8 Å². The first kappa shape index (κ1) is 16.8. The van der Waals surface area contributed by atoms with E-state index in [1.54, 1.807) is 17.6 Å². The van der Waals surface area contributed by atoms with Crippen LogP contribution in [0.1, 0.15) is 20.2 Å². The second kappa shape index (κ2) is 6.56. The Labute approximate surface area is 160 Å². The highest BCUT2D eigenvalue weighted by Crippen LogP contribution is 2.36. The molecule has 4 N–H and O–H groups in total. The molecule has 3 aromatic heterocycles. The van der Waals surface area contributed by atoms with Gasteiger partial charge in [-0.05, 0) is 12.1 Å². The number of H-pyrrole nitrogens is 1. The number of thiazole rings is 1. The van der Waals surface area contributed by atoms with E-state index < -0.39 is 5.91 Å². The molecule has 0 saturated carbocycles. The van der Waals surface area contributed by atoms with Crippen molar-refractivity contribution in [3.63, 3.8) is 0 Å². The Kier molecular flexibility index (Phi) is 4.23. The van der Waals surface area contributed by atoms with Crippen LogP contribution in [0, 0.1) is 0 Å². The van der Waals surface area contributed by atoms with Crippen LogP contribution in [0.3, 0.4) is 0 Å². The van der Waals surface area contributed by atoms with Gasteiger partial charge in [-0.2, -0.15) is 0 Å². The standard InChI is InChI=1S/C17H11ClN4O2S2/c18-13-9-3-1-2-4-12(9)26-14(13)16(24)22-17-21-11(7-25-17)8-5-10(15(19)23)20-6-8/h1-7,20H,(H2,19,23)(H,21,22,24). The number of anilines is 1. The lowest BCUT2D eigenvalue weighted by atomic mass is 10.2. The Morgan fingerprint density at radius 3 is 2.81 bits per heavy atom. The number of halogens is 1. The maximum absolute atomic E-state index is 12.6. The van der Waals surface area contributed by atoms with E-state index in [0.29, 0.717) is 26.4 Å². The van der Waals surface area contributed by atoms with Gasteiger partial charge in [-0.15, -0.1) is 22.7 Å². The molecule has 0 unspecified atom stereocenters. The molecule has 0 spiro atoms. The zero-order chi connectivity index (χ0) is 18.3. The van der Waals surface area contributed by atoms with E-state index in [2.05, 4.69) is 15.3 Å². The number of nitrogens with two attached hydrogens (primary N) is 1. The molecule has 4 rings (SSSR count). The molecule has 0 atom stereocenters. The van der Waals surface area contributed by atoms with E-state index in [1.807, 2.05) is 24.3 Å². The van der Waals surface area contributed by atoms with Crippen LogP contribution in [0.2, 0.25) is 5.02 Å². The number of aromatic amines is 1. The molecule has 1 aromatic carbocycles. The van der Waals surface area contributed by atoms with Crippen molar-refractivity contribution >= 4 is 61.3 Å². The number of fused-ring (bicyclic) bond motifs is 1. The number of carbonyl (C=O) groups is 2. The maximum Gasteiger partial charge on any atom is 0.269 e. The van der Waals surface area contributed by atoms with Crippen molar-refractivity contribution in [3.05, 3.63) is 57.5 Å². The minimum atomic E-state index is -0.542. The fourth-order valence-electron chi connectivity index (χ4n) is 2.46. The monoisotopic (exact) mass is 402 g/mol. The van der Waals surface area contributed by atoms with Crippen molar-refractivity contribution in [3.8, 4) is 11.3 Å². The predicted octanol–water partition coefficient (Wildman–Crippen LogP) is 4.36. The number of rotatable bonds is 4. The zero-order valence-electron chi connectivity index (χ0n) is 13.1. The second-order valence-electron chi connectivity index (χ2n) is 5.40. The van der Waals surface area contributed by atoms with Crippen LogP contribution in [-0.2, 0) is 0 Å². The van der Waals surface area contributed by atoms with E-state index >= 15 is 0 Å². The molecule has 0 aliphatic heterocycles. The second-order valence-corrected chi connectivity index (χ2v) is 7.69. The smallest absolute Gasteiger partial charge is 0.269 e. The van der Waals surface area contributed by atoms with E-state index in [1.165, 1.54) is 22.7 Å². The van der Waals surface area contributed by atoms with Crippen LogP contribution < -0.4 is 11.1 Å². The van der Waals surface area contributed by atoms with E-state index in [0.717, 1.165) is 15.6 Å². The summed E-state index contributed by atoms with van der Waals surface area (Å²) in [5.74, 6) is -0.844. The van der Waals surface area contributed by atoms with E-state index in [9.17, 15) is 9.59 Å². The van der Waals surface area contributed by atoms with Crippen molar-refractivity contribution in [2.75, 3.05) is 5.32 Å². The number of carbonyl (C=O) groups excluding carboxylic acids is 2. The molecule has 0 aliphatic rings. The highest BCUT2D eigenvalue weighted by atomic mass is 35.5. The quantitative estimate of drug-likeness (QED) is 0.472. The summed E-state index contributed by atoms with van der Waals surface area (Å²) in [6.45, 7) is 0. The van der Waals surface area contributed by atoms with Gasteiger partial charge in [0, 0.05) is 27.2 Å². The maximum atomic E-state index is 12.6. The van der Waals surface area contributed by atoms with Gasteiger partial charge >= 0.3 is 0 Å². The van der Waals surface area contributed by atoms with Gasteiger partial charge in [-0.25, -0.2) is 4.98 Å². The number of nitrogens with one attached hydrogen (secondary N) is 2. The largest absolute Gasteiger partial charge is 0.364 e. The van der Waals surface area contributed by atoms with Gasteiger partial charge in [0.1, 0.15) is 10.6 Å². The van der Waals surface area contributed by atoms with Crippen LogP contribution in [0.25, 0.3) is 21.3 Å². The Balaban J connectivity index is 1.57. The molecule has 26 heavy (non-hydrogen) atoms. The van der Waals surface area contributed by atoms with Crippen LogP contribution in [0.15, 0.2) is 41.9 Å². The van der Waals surface area contributed by atoms with Crippen molar-refractivity contribution in [1.82, 2.24) is 9.97 Å². The summed E-state index contributed by atoms with van der Waals surface area (Å²) in [5, 5.41) is 6.30. The van der Waals surface area contributed by atoms with Gasteiger partial charge in [0.15, 0.2) is 5.13 Å². The third kappa shape index (κ3) is 2.98. The molecule has 3 heterocycles. The van der Waals surface area contributed by atoms with Gasteiger partial charge < -0.3 is 10.7 Å². The van der Waals surface area contributed by atoms with Crippen molar-refractivity contribution < 1.29 is 9.59 Å². The number of thiophene rings is 1. The molecule has 2 amide bonds. The number of hydrogen-bond acceptors (Lipinski definition) is 5. The van der Waals surface area contributed by atoms with Crippen LogP contribution in [0.4, 0.5) is 5.13 Å². The van der Waals surface area contributed by atoms with Crippen molar-refractivity contribution in [2.45, 2.75) is 0 Å². The fraction of sp³-hybridized carbons (Fsp3) is 0. The molecular formula is C17H11ClN4O2S2. The summed E-state index contributed by atoms with van der Waals surface area (Å²) < 4.78 is 0.953. The molecular weight excluding hydrogens is 392 g/mol. The Morgan fingerprint density at radius 2 is 2.08 bits per heavy atom. The highest BCUT2D eigenvalue weighted by Gasteiger charge is 2.18. The van der Waals surface area contributed by atoms with E-state index in [-0.39, 0.29) is 5.91 Å². The topological polar surface area (TPSA) is 101 Å². The first-order valence-electron chi connectivity index (χ1n) is 7.45. The molecule has 6 nitrogen and oxygen atoms in total. The molecule has 0 bridgehead atoms. The third-order valence-electron chi connectivity index (χ3n) is 3.71. The van der Waals surface area contributed by atoms with Gasteiger partial charge in [0.2, 0.25) is 0 Å². The van der Waals surface area contributed by atoms with E-state index in [4.69, 9.17) is 17.3 Å². The SMILES string of the molecule is NC(=O)c1cc(-c2csc(NC(=O)c3sc4ccccc4c3Cl)n2)c[nH]1. The first-order valence-corrected chi connectivity index (χ1v) is 9.53. The summed E-state index contributed by atoms with van der Waals surface area (Å²) in [5.41, 5.74) is 6.89. The van der Waals surface area contributed by atoms with Crippen LogP contribution in [0.5, 0.6) is 0 Å². The zero-order valence-corrected chi connectivity index (χ0v) is 15.5. The number of nitrogens with zero attached hydrogens (tertiary/aromatic N) is 1. The number of aromatic nitrogens is 2. The van der Waals surface area contributed by atoms with Crippen molar-refractivity contribution in [1.29, 1.82) is 0 Å². The summed E-state index contributed by atoms with van der Waals surface area (Å²) in [6, 6.07) is 9.21. The number of benzene rings is 1. The predicted molar refractivity (Wildman–Crippen MR) is 105 cm³/mol. The highest BCUT2D eigenvalue weighted by molar-refractivity contribution is 7.21. The van der Waals surface area contributed by atoms with Crippen molar-refractivity contribution in [2.24, 2.45) is 5.73 Å². The minimum Gasteiger partial charge on any atom is -0.364 e. The number of amides is 2. The minimum absolute atomic E-state index is 0.302. The normalized spacial score (nSPS) is 11.0. The Morgan fingerprint density at radius 1 is 1.27 bits per heavy atom. The summed E-state index contributed by atoms with van der Waals surface area (Å²) in [7, 11) is 0. The summed E-state index contributed by atoms with van der Waals surface area (Å²) in [6.07, 6.45) is 1.64. The molecule has 0 saturated heterocycles. The van der Waals surface area contributed by atoms with Gasteiger partial charge in [0.25, 0.3) is 11.8 Å². The first-order chi connectivity index (χ1) is 12.5. The van der Waals surface area contributed by atoms with Crippen LogP contribution in [-0.4, -0.2) is 21.8 Å². The lowest BCUT2D eigenvalue weighted by molar-refractivity contribution is 0.0994. The fourth-order valence-corrected chi connectivity index (χ4v) is 4.59. The number of primary amides is 1. The third-order valence-corrected chi connectivity index (χ3v) is 6.14. The average Bonchev–Trinajstić information content (AvgIpc) is 3.33. The molecule has 0 aliphatic carbocycles. The number of hydrogen-bond donors (Lipinski definition) is 3. The lowest BCUT2D eigenvalue weighted by Crippen LogP contribution is -2.10. The molecule has 4 aromatic rings. The van der Waals surface area contributed by atoms with Gasteiger partial charge in [-0.3, -0.25) is 14.9 Å². The Hall–Kier alpha value is -2.68. The summed E-state index contributed by atoms with van der Waals surface area (Å²) in [4.78, 5) is 31.3. The summed E-state index contributed by atoms with van der Waals surface area (Å²) >= 11 is 8.96. The van der Waals surface area contributed by atoms with Crippen LogP contribution >= 0.6 is 34.3 Å². The van der Waals surface area contributed by atoms with Gasteiger partial charge in [0.05, 0.1) is 10.7 Å². The molecule has 0 fully saturated rings. The Bertz CT molecular complexity index is 1140. The molecule has 0 radical (unpaired) electrons. The molecule has 9 heteroatoms. The average molecular weight is 403 g/mol.